The molecule has 1 radical (unpaired) electrons. The molecule has 0 spiro atoms. The standard InChI is InChI=1S/C30H33O3/c1-5-29(32,6-2)26-18-25(19-27(28(26)31)30(33,7-3)8-4)23-14-13-22-15-20-11-9-10-12-21(20)16-24(22)17-23/h9-19,32-33H,5-8H2,1-4H3. The summed E-state index contributed by atoms with van der Waals surface area (Å²) in [5.74, 6) is -0.247. The summed E-state index contributed by atoms with van der Waals surface area (Å²) in [5.41, 5.74) is 0.103. The molecule has 171 valence electrons. The van der Waals surface area contributed by atoms with Crippen molar-refractivity contribution in [3.63, 3.8) is 0 Å². The Hall–Kier alpha value is -2.88. The van der Waals surface area contributed by atoms with Crippen LogP contribution in [0.25, 0.3) is 32.7 Å². The fraction of sp³-hybridized carbons (Fsp3) is 0.333. The Morgan fingerprint density at radius 2 is 1.03 bits per heavy atom. The minimum atomic E-state index is -1.22. The van der Waals surface area contributed by atoms with E-state index in [1.54, 1.807) is 0 Å². The van der Waals surface area contributed by atoms with Crippen molar-refractivity contribution in [2.24, 2.45) is 0 Å². The first kappa shape index (κ1) is 23.3. The van der Waals surface area contributed by atoms with Gasteiger partial charge in [0.15, 0.2) is 5.75 Å². The Labute approximate surface area is 196 Å². The van der Waals surface area contributed by atoms with E-state index in [0.29, 0.717) is 36.8 Å². The predicted molar refractivity (Wildman–Crippen MR) is 136 cm³/mol. The van der Waals surface area contributed by atoms with Crippen LogP contribution in [0.5, 0.6) is 5.75 Å². The second-order valence-corrected chi connectivity index (χ2v) is 9.14. The van der Waals surface area contributed by atoms with Crippen molar-refractivity contribution in [1.29, 1.82) is 0 Å². The fourth-order valence-electron chi connectivity index (χ4n) is 4.87. The molecule has 3 nitrogen and oxygen atoms in total. The third-order valence-electron chi connectivity index (χ3n) is 7.47. The number of hydrogen-bond donors (Lipinski definition) is 2. The Balaban J connectivity index is 1.97. The van der Waals surface area contributed by atoms with Crippen LogP contribution in [0.15, 0.2) is 66.7 Å². The van der Waals surface area contributed by atoms with Crippen molar-refractivity contribution in [2.75, 3.05) is 0 Å². The Bertz CT molecular complexity index is 1260. The first-order chi connectivity index (χ1) is 15.8. The molecule has 0 saturated carbocycles. The maximum Gasteiger partial charge on any atom is 0.190 e. The van der Waals surface area contributed by atoms with Crippen LogP contribution >= 0.6 is 0 Å². The molecule has 0 aliphatic carbocycles. The van der Waals surface area contributed by atoms with E-state index >= 15 is 0 Å². The van der Waals surface area contributed by atoms with Crippen LogP contribution in [-0.2, 0) is 16.3 Å². The zero-order chi connectivity index (χ0) is 23.8. The van der Waals surface area contributed by atoms with Crippen LogP contribution in [0, 0.1) is 0 Å². The highest BCUT2D eigenvalue weighted by Crippen LogP contribution is 2.45. The van der Waals surface area contributed by atoms with Gasteiger partial charge in [0.1, 0.15) is 0 Å². The Morgan fingerprint density at radius 3 is 1.52 bits per heavy atom. The van der Waals surface area contributed by atoms with Gasteiger partial charge in [0.25, 0.3) is 0 Å². The van der Waals surface area contributed by atoms with Gasteiger partial charge in [-0.3, -0.25) is 5.11 Å². The van der Waals surface area contributed by atoms with Crippen LogP contribution < -0.4 is 0 Å². The van der Waals surface area contributed by atoms with Gasteiger partial charge in [0, 0.05) is 11.1 Å². The molecule has 33 heavy (non-hydrogen) atoms. The van der Waals surface area contributed by atoms with E-state index < -0.39 is 11.2 Å². The molecule has 0 heterocycles. The highest BCUT2D eigenvalue weighted by Gasteiger charge is 2.36. The summed E-state index contributed by atoms with van der Waals surface area (Å²) in [6.07, 6.45) is 1.73. The lowest BCUT2D eigenvalue weighted by Gasteiger charge is -2.32. The molecular formula is C30H33O3. The molecule has 0 aliphatic rings. The van der Waals surface area contributed by atoms with Gasteiger partial charge in [-0.15, -0.1) is 0 Å². The summed E-state index contributed by atoms with van der Waals surface area (Å²) in [5, 5.41) is 40.8. The van der Waals surface area contributed by atoms with Crippen LogP contribution in [0.1, 0.15) is 64.5 Å². The fourth-order valence-corrected chi connectivity index (χ4v) is 4.87. The van der Waals surface area contributed by atoms with Crippen molar-refractivity contribution in [1.82, 2.24) is 0 Å². The first-order valence-electron chi connectivity index (χ1n) is 12.0. The van der Waals surface area contributed by atoms with Crippen molar-refractivity contribution >= 4 is 21.5 Å². The zero-order valence-electron chi connectivity index (χ0n) is 20.0. The molecule has 0 atom stereocenters. The molecule has 3 heteroatoms. The average molecular weight is 442 g/mol. The number of benzene rings is 4. The molecular weight excluding hydrogens is 408 g/mol. The number of rotatable bonds is 7. The van der Waals surface area contributed by atoms with Crippen molar-refractivity contribution < 1.29 is 15.3 Å². The lowest BCUT2D eigenvalue weighted by molar-refractivity contribution is 0.0153. The van der Waals surface area contributed by atoms with E-state index in [0.717, 1.165) is 21.9 Å². The number of aliphatic hydroxyl groups is 2. The van der Waals surface area contributed by atoms with Gasteiger partial charge >= 0.3 is 0 Å². The predicted octanol–water partition coefficient (Wildman–Crippen LogP) is 7.82. The Morgan fingerprint density at radius 1 is 0.576 bits per heavy atom. The molecule has 4 aromatic rings. The molecule has 0 fully saturated rings. The second-order valence-electron chi connectivity index (χ2n) is 9.14. The number of hydrogen-bond acceptors (Lipinski definition) is 2. The summed E-state index contributed by atoms with van der Waals surface area (Å²) in [6.45, 7) is 7.56. The molecule has 2 N–H and O–H groups in total. The van der Waals surface area contributed by atoms with Gasteiger partial charge < -0.3 is 10.2 Å². The van der Waals surface area contributed by atoms with E-state index in [2.05, 4.69) is 42.5 Å². The SMILES string of the molecule is CCC(O)(CC)c1cc(-c2ccc3cc4ccccc4cc3c2)cc(C(O)(CC)CC)c1[O]. The minimum absolute atomic E-state index is 0.247. The quantitative estimate of drug-likeness (QED) is 0.287. The van der Waals surface area contributed by atoms with Gasteiger partial charge in [0.2, 0.25) is 0 Å². The van der Waals surface area contributed by atoms with Crippen molar-refractivity contribution in [3.05, 3.63) is 77.9 Å². The summed E-state index contributed by atoms with van der Waals surface area (Å²) in [4.78, 5) is 0. The summed E-state index contributed by atoms with van der Waals surface area (Å²) in [7, 11) is 0. The van der Waals surface area contributed by atoms with Crippen LogP contribution in [0.2, 0.25) is 0 Å². The molecule has 0 amide bonds. The highest BCUT2D eigenvalue weighted by molar-refractivity contribution is 5.99. The van der Waals surface area contributed by atoms with Crippen LogP contribution in [0.4, 0.5) is 0 Å². The molecule has 4 rings (SSSR count). The lowest BCUT2D eigenvalue weighted by atomic mass is 9.79. The molecule has 0 aliphatic heterocycles. The molecule has 0 unspecified atom stereocenters. The monoisotopic (exact) mass is 441 g/mol. The van der Waals surface area contributed by atoms with Gasteiger partial charge in [-0.2, -0.15) is 0 Å². The smallest absolute Gasteiger partial charge is 0.190 e. The summed E-state index contributed by atoms with van der Waals surface area (Å²) < 4.78 is 0. The number of fused-ring (bicyclic) bond motifs is 2. The summed E-state index contributed by atoms with van der Waals surface area (Å²) in [6, 6.07) is 22.6. The average Bonchev–Trinajstić information content (AvgIpc) is 2.86. The van der Waals surface area contributed by atoms with E-state index in [-0.39, 0.29) is 5.75 Å². The van der Waals surface area contributed by atoms with Gasteiger partial charge in [0.05, 0.1) is 11.2 Å². The van der Waals surface area contributed by atoms with Crippen LogP contribution in [0.3, 0.4) is 0 Å². The first-order valence-corrected chi connectivity index (χ1v) is 12.0. The van der Waals surface area contributed by atoms with Crippen molar-refractivity contribution in [3.8, 4) is 16.9 Å². The zero-order valence-corrected chi connectivity index (χ0v) is 20.0. The normalized spacial score (nSPS) is 12.5. The van der Waals surface area contributed by atoms with E-state index in [9.17, 15) is 15.3 Å². The van der Waals surface area contributed by atoms with Gasteiger partial charge in [-0.05, 0) is 88.7 Å². The highest BCUT2D eigenvalue weighted by atomic mass is 16.3. The largest absolute Gasteiger partial charge is 0.385 e. The maximum atomic E-state index is 13.5. The van der Waals surface area contributed by atoms with Gasteiger partial charge in [-0.1, -0.05) is 64.1 Å². The summed E-state index contributed by atoms with van der Waals surface area (Å²) >= 11 is 0. The third kappa shape index (κ3) is 4.01. The van der Waals surface area contributed by atoms with Crippen LogP contribution in [-0.4, -0.2) is 10.2 Å². The third-order valence-corrected chi connectivity index (χ3v) is 7.47. The molecule has 0 saturated heterocycles. The maximum absolute atomic E-state index is 13.5. The van der Waals surface area contributed by atoms with E-state index in [4.69, 9.17) is 0 Å². The second kappa shape index (κ2) is 8.81. The van der Waals surface area contributed by atoms with E-state index in [1.165, 1.54) is 10.8 Å². The molecule has 0 aromatic heterocycles. The van der Waals surface area contributed by atoms with Gasteiger partial charge in [-0.25, -0.2) is 0 Å². The molecule has 4 aromatic carbocycles. The van der Waals surface area contributed by atoms with E-state index in [1.807, 2.05) is 52.0 Å². The minimum Gasteiger partial charge on any atom is -0.385 e. The Kier molecular flexibility index (Phi) is 6.22. The lowest BCUT2D eigenvalue weighted by Crippen LogP contribution is -2.27. The van der Waals surface area contributed by atoms with Crippen molar-refractivity contribution in [2.45, 2.75) is 64.6 Å². The topological polar surface area (TPSA) is 60.4 Å². The molecule has 0 bridgehead atoms.